The quantitative estimate of drug-likeness (QED) is 0.628. The van der Waals surface area contributed by atoms with Crippen LogP contribution in [0.4, 0.5) is 0 Å². The fourth-order valence-electron chi connectivity index (χ4n) is 2.41. The normalized spacial score (nSPS) is 12.8. The van der Waals surface area contributed by atoms with Gasteiger partial charge in [-0.1, -0.05) is 45.0 Å². The van der Waals surface area contributed by atoms with Crippen molar-refractivity contribution in [2.75, 3.05) is 0 Å². The average Bonchev–Trinajstić information content (AvgIpc) is 2.89. The first-order chi connectivity index (χ1) is 9.67. The molecule has 3 N–H and O–H groups in total. The van der Waals surface area contributed by atoms with Crippen LogP contribution in [0.25, 0.3) is 0 Å². The van der Waals surface area contributed by atoms with E-state index < -0.39 is 0 Å². The Morgan fingerprint density at radius 1 is 1.15 bits per heavy atom. The Labute approximate surface area is 121 Å². The smallest absolute Gasteiger partial charge is 0.0878 e. The van der Waals surface area contributed by atoms with E-state index in [1.165, 1.54) is 5.56 Å². The summed E-state index contributed by atoms with van der Waals surface area (Å²) < 4.78 is 2.01. The highest BCUT2D eigenvalue weighted by molar-refractivity contribution is 5.31. The number of nitrogens with two attached hydrogens (primary N) is 1. The van der Waals surface area contributed by atoms with E-state index in [0.717, 1.165) is 24.2 Å². The zero-order valence-electron chi connectivity index (χ0n) is 12.5. The van der Waals surface area contributed by atoms with Crippen LogP contribution in [0.3, 0.4) is 0 Å². The molecule has 20 heavy (non-hydrogen) atoms. The van der Waals surface area contributed by atoms with Gasteiger partial charge < -0.3 is 0 Å². The zero-order chi connectivity index (χ0) is 14.5. The second-order valence-corrected chi connectivity index (χ2v) is 5.40. The van der Waals surface area contributed by atoms with Gasteiger partial charge in [0, 0.05) is 12.7 Å². The zero-order valence-corrected chi connectivity index (χ0v) is 12.5. The lowest BCUT2D eigenvalue weighted by Crippen LogP contribution is -2.30. The highest BCUT2D eigenvalue weighted by atomic mass is 15.3. The molecule has 4 nitrogen and oxygen atoms in total. The number of hydrogen-bond donors (Lipinski definition) is 2. The molecular formula is C16H24N4. The van der Waals surface area contributed by atoms with Crippen molar-refractivity contribution in [1.82, 2.24) is 15.2 Å². The topological polar surface area (TPSA) is 55.9 Å². The Morgan fingerprint density at radius 2 is 1.80 bits per heavy atom. The molecule has 108 valence electrons. The summed E-state index contributed by atoms with van der Waals surface area (Å²) in [4.78, 5) is 0. The number of hydrogen-bond acceptors (Lipinski definition) is 3. The molecule has 0 radical (unpaired) electrons. The molecule has 0 aliphatic rings. The third kappa shape index (κ3) is 3.08. The lowest BCUT2D eigenvalue weighted by atomic mass is 9.98. The number of aromatic nitrogens is 2. The molecule has 1 aromatic heterocycles. The van der Waals surface area contributed by atoms with Gasteiger partial charge in [-0.05, 0) is 29.5 Å². The van der Waals surface area contributed by atoms with E-state index in [1.54, 1.807) is 0 Å². The van der Waals surface area contributed by atoms with E-state index in [2.05, 4.69) is 55.6 Å². The summed E-state index contributed by atoms with van der Waals surface area (Å²) in [6.45, 7) is 7.45. The maximum absolute atomic E-state index is 5.77. The van der Waals surface area contributed by atoms with Crippen LogP contribution in [0.1, 0.15) is 56.0 Å². The number of nitrogens with one attached hydrogen (secondary N) is 1. The molecule has 0 saturated heterocycles. The first kappa shape index (κ1) is 14.8. The third-order valence-electron chi connectivity index (χ3n) is 3.58. The fourth-order valence-corrected chi connectivity index (χ4v) is 2.41. The molecule has 1 heterocycles. The second kappa shape index (κ2) is 6.68. The number of hydrazine groups is 1. The second-order valence-electron chi connectivity index (χ2n) is 5.40. The van der Waals surface area contributed by atoms with Crippen molar-refractivity contribution in [3.63, 3.8) is 0 Å². The lowest BCUT2D eigenvalue weighted by molar-refractivity contribution is 0.521. The predicted octanol–water partition coefficient (Wildman–Crippen LogP) is 2.97. The molecule has 0 spiro atoms. The minimum Gasteiger partial charge on any atom is -0.271 e. The van der Waals surface area contributed by atoms with Crippen LogP contribution in [-0.4, -0.2) is 9.78 Å². The Balaban J connectivity index is 2.29. The summed E-state index contributed by atoms with van der Waals surface area (Å²) in [5.41, 5.74) is 6.51. The molecule has 0 bridgehead atoms. The summed E-state index contributed by atoms with van der Waals surface area (Å²) >= 11 is 0. The van der Waals surface area contributed by atoms with Crippen molar-refractivity contribution in [3.8, 4) is 0 Å². The van der Waals surface area contributed by atoms with Gasteiger partial charge in [-0.3, -0.25) is 10.5 Å². The minimum absolute atomic E-state index is 0.0229. The minimum atomic E-state index is -0.0229. The molecule has 2 aromatic rings. The number of benzene rings is 1. The van der Waals surface area contributed by atoms with Crippen molar-refractivity contribution in [1.29, 1.82) is 0 Å². The molecule has 0 amide bonds. The molecule has 0 aliphatic heterocycles. The molecule has 1 unspecified atom stereocenters. The van der Waals surface area contributed by atoms with Crippen molar-refractivity contribution in [3.05, 3.63) is 53.3 Å². The third-order valence-corrected chi connectivity index (χ3v) is 3.58. The van der Waals surface area contributed by atoms with Crippen molar-refractivity contribution in [2.45, 2.75) is 45.7 Å². The summed E-state index contributed by atoms with van der Waals surface area (Å²) in [5.74, 6) is 6.31. The molecule has 0 aliphatic carbocycles. The van der Waals surface area contributed by atoms with Crippen LogP contribution < -0.4 is 11.3 Å². The van der Waals surface area contributed by atoms with E-state index in [-0.39, 0.29) is 6.04 Å². The molecular weight excluding hydrogens is 248 g/mol. The van der Waals surface area contributed by atoms with Crippen molar-refractivity contribution < 1.29 is 0 Å². The van der Waals surface area contributed by atoms with E-state index in [9.17, 15) is 0 Å². The van der Waals surface area contributed by atoms with Gasteiger partial charge in [-0.15, -0.1) is 0 Å². The van der Waals surface area contributed by atoms with Crippen molar-refractivity contribution in [2.24, 2.45) is 5.84 Å². The van der Waals surface area contributed by atoms with E-state index in [0.29, 0.717) is 5.92 Å². The van der Waals surface area contributed by atoms with E-state index in [4.69, 9.17) is 5.84 Å². The molecule has 0 fully saturated rings. The van der Waals surface area contributed by atoms with E-state index in [1.807, 2.05) is 16.9 Å². The highest BCUT2D eigenvalue weighted by Crippen LogP contribution is 2.23. The molecule has 4 heteroatoms. The molecule has 1 aromatic carbocycles. The Bertz CT molecular complexity index is 528. The monoisotopic (exact) mass is 272 g/mol. The van der Waals surface area contributed by atoms with Gasteiger partial charge in [0.2, 0.25) is 0 Å². The van der Waals surface area contributed by atoms with Crippen LogP contribution in [0.5, 0.6) is 0 Å². The maximum Gasteiger partial charge on any atom is 0.0878 e. The fraction of sp³-hybridized carbons (Fsp3) is 0.438. The van der Waals surface area contributed by atoms with Crippen LogP contribution in [-0.2, 0) is 6.54 Å². The number of rotatable bonds is 6. The van der Waals surface area contributed by atoms with Gasteiger partial charge in [-0.25, -0.2) is 5.43 Å². The molecule has 1 atom stereocenters. The van der Waals surface area contributed by atoms with Gasteiger partial charge >= 0.3 is 0 Å². The summed E-state index contributed by atoms with van der Waals surface area (Å²) in [7, 11) is 0. The number of nitrogens with zero attached hydrogens (tertiary/aromatic N) is 2. The largest absolute Gasteiger partial charge is 0.271 e. The first-order valence-corrected chi connectivity index (χ1v) is 7.25. The molecule has 2 rings (SSSR count). The molecule has 0 saturated carbocycles. The Hall–Kier alpha value is -1.65. The van der Waals surface area contributed by atoms with Crippen LogP contribution in [0.2, 0.25) is 0 Å². The maximum atomic E-state index is 5.77. The SMILES string of the molecule is CCCn1nccc1C(NN)c1ccc(C(C)C)cc1. The van der Waals surface area contributed by atoms with Crippen LogP contribution in [0.15, 0.2) is 36.5 Å². The summed E-state index contributed by atoms with van der Waals surface area (Å²) in [6, 6.07) is 10.6. The Kier molecular flexibility index (Phi) is 4.93. The van der Waals surface area contributed by atoms with Gasteiger partial charge in [0.1, 0.15) is 0 Å². The van der Waals surface area contributed by atoms with Gasteiger partial charge in [0.15, 0.2) is 0 Å². The average molecular weight is 272 g/mol. The highest BCUT2D eigenvalue weighted by Gasteiger charge is 2.16. The van der Waals surface area contributed by atoms with E-state index >= 15 is 0 Å². The predicted molar refractivity (Wildman–Crippen MR) is 82.2 cm³/mol. The van der Waals surface area contributed by atoms with Gasteiger partial charge in [0.25, 0.3) is 0 Å². The lowest BCUT2D eigenvalue weighted by Gasteiger charge is -2.19. The van der Waals surface area contributed by atoms with Crippen LogP contribution >= 0.6 is 0 Å². The first-order valence-electron chi connectivity index (χ1n) is 7.25. The summed E-state index contributed by atoms with van der Waals surface area (Å²) in [5, 5.41) is 4.37. The summed E-state index contributed by atoms with van der Waals surface area (Å²) in [6.07, 6.45) is 2.88. The number of aryl methyl sites for hydroxylation is 1. The van der Waals surface area contributed by atoms with Crippen LogP contribution in [0, 0.1) is 0 Å². The van der Waals surface area contributed by atoms with Crippen molar-refractivity contribution >= 4 is 0 Å². The van der Waals surface area contributed by atoms with Gasteiger partial charge in [-0.2, -0.15) is 5.10 Å². The standard InChI is InChI=1S/C16H24N4/c1-4-11-20-15(9-10-18-20)16(19-17)14-7-5-13(6-8-14)12(2)3/h5-10,12,16,19H,4,11,17H2,1-3H3. The van der Waals surface area contributed by atoms with Gasteiger partial charge in [0.05, 0.1) is 11.7 Å². The Morgan fingerprint density at radius 3 is 2.35 bits per heavy atom.